The highest BCUT2D eigenvalue weighted by Gasteiger charge is 2.69. The van der Waals surface area contributed by atoms with Crippen molar-refractivity contribution in [2.75, 3.05) is 7.11 Å². The predicted molar refractivity (Wildman–Crippen MR) is 167 cm³/mol. The van der Waals surface area contributed by atoms with Crippen LogP contribution in [0.2, 0.25) is 0 Å². The van der Waals surface area contributed by atoms with Crippen molar-refractivity contribution in [3.8, 4) is 22.6 Å². The average Bonchev–Trinajstić information content (AvgIpc) is 2.95. The molecule has 0 aromatic heterocycles. The highest BCUT2D eigenvalue weighted by Crippen LogP contribution is 2.62. The van der Waals surface area contributed by atoms with Crippen LogP contribution in [0, 0.1) is 16.7 Å². The van der Waals surface area contributed by atoms with Crippen LogP contribution in [-0.2, 0) is 27.2 Å². The molecular formula is C37H42O7. The Kier molecular flexibility index (Phi) is 7.19. The molecule has 2 saturated carbocycles. The fourth-order valence-electron chi connectivity index (χ4n) is 9.10. The Hall–Kier alpha value is -3.71. The fraction of sp³-hybridized carbons (Fsp3) is 0.486. The standard InChI is InChI=1S/C37H42O7/c1-20-17-36(4)19-35(3)18-26-24(25-16-23(11-14-28(25)44-5)15-22-9-7-6-8-10-22)12-13-27(39)30(26)32(40)31(35)34(42)37(36,43)33(41)29(20)21(2)38/h11-14,16,22,39-40,43H,6-10,15,17-19H2,1-5H3/t35-,36+,37+/m1/s1. The van der Waals surface area contributed by atoms with Crippen molar-refractivity contribution in [2.45, 2.75) is 91.1 Å². The van der Waals surface area contributed by atoms with Gasteiger partial charge < -0.3 is 20.1 Å². The van der Waals surface area contributed by atoms with E-state index in [9.17, 15) is 29.7 Å². The molecule has 0 radical (unpaired) electrons. The third kappa shape index (κ3) is 4.30. The van der Waals surface area contributed by atoms with Crippen LogP contribution in [0.4, 0.5) is 0 Å². The summed E-state index contributed by atoms with van der Waals surface area (Å²) < 4.78 is 5.80. The van der Waals surface area contributed by atoms with Crippen molar-refractivity contribution in [3.05, 3.63) is 63.7 Å². The highest BCUT2D eigenvalue weighted by molar-refractivity contribution is 6.33. The molecule has 3 atom stereocenters. The lowest BCUT2D eigenvalue weighted by Gasteiger charge is -2.56. The minimum Gasteiger partial charge on any atom is -0.507 e. The van der Waals surface area contributed by atoms with E-state index in [-0.39, 0.29) is 41.7 Å². The molecule has 7 nitrogen and oxygen atoms in total. The average molecular weight is 599 g/mol. The normalized spacial score (nSPS) is 28.9. The Bertz CT molecular complexity index is 1670. The first-order valence-corrected chi connectivity index (χ1v) is 15.7. The summed E-state index contributed by atoms with van der Waals surface area (Å²) >= 11 is 0. The molecule has 0 bridgehead atoms. The zero-order valence-corrected chi connectivity index (χ0v) is 26.3. The Morgan fingerprint density at radius 2 is 1.68 bits per heavy atom. The number of aromatic hydroxyl groups is 1. The number of ether oxygens (including phenoxy) is 1. The molecule has 0 aliphatic heterocycles. The van der Waals surface area contributed by atoms with E-state index in [0.717, 1.165) is 17.5 Å². The van der Waals surface area contributed by atoms with Gasteiger partial charge in [0.1, 0.15) is 17.3 Å². The van der Waals surface area contributed by atoms with Gasteiger partial charge in [0, 0.05) is 22.0 Å². The van der Waals surface area contributed by atoms with Gasteiger partial charge in [-0.3, -0.25) is 14.4 Å². The zero-order chi connectivity index (χ0) is 31.8. The molecule has 4 aliphatic rings. The van der Waals surface area contributed by atoms with E-state index in [1.165, 1.54) is 50.7 Å². The van der Waals surface area contributed by atoms with Gasteiger partial charge in [-0.1, -0.05) is 63.7 Å². The van der Waals surface area contributed by atoms with Gasteiger partial charge in [0.15, 0.2) is 11.4 Å². The van der Waals surface area contributed by atoms with E-state index in [1.807, 2.05) is 19.1 Å². The number of phenols is 1. The molecule has 232 valence electrons. The molecule has 44 heavy (non-hydrogen) atoms. The topological polar surface area (TPSA) is 121 Å². The van der Waals surface area contributed by atoms with Crippen LogP contribution in [0.1, 0.15) is 89.3 Å². The number of carbonyl (C=O) groups excluding carboxylic acids is 3. The fourth-order valence-corrected chi connectivity index (χ4v) is 9.10. The SMILES string of the molecule is COc1ccc(CC2CCCCC2)cc1-c1ccc(O)c2c1C[C@]1(C)C[C@]3(C)CC(C)=C(C(C)=O)C(=O)[C@]3(O)C(=O)C1=C2O. The summed E-state index contributed by atoms with van der Waals surface area (Å²) in [7, 11) is 1.62. The second-order valence-corrected chi connectivity index (χ2v) is 14.2. The zero-order valence-electron chi connectivity index (χ0n) is 26.3. The van der Waals surface area contributed by atoms with Crippen LogP contribution < -0.4 is 4.74 Å². The largest absolute Gasteiger partial charge is 0.507 e. The third-order valence-electron chi connectivity index (χ3n) is 10.9. The first-order chi connectivity index (χ1) is 20.8. The van der Waals surface area contributed by atoms with Crippen molar-refractivity contribution in [2.24, 2.45) is 16.7 Å². The number of aliphatic hydroxyl groups excluding tert-OH is 1. The van der Waals surface area contributed by atoms with Gasteiger partial charge in [-0.05, 0) is 80.3 Å². The second kappa shape index (κ2) is 10.4. The number of methoxy groups -OCH3 is 1. The van der Waals surface area contributed by atoms with Crippen LogP contribution in [0.5, 0.6) is 11.5 Å². The maximum Gasteiger partial charge on any atom is 0.206 e. The summed E-state index contributed by atoms with van der Waals surface area (Å²) in [6, 6.07) is 9.55. The minimum atomic E-state index is -2.50. The van der Waals surface area contributed by atoms with Gasteiger partial charge in [-0.25, -0.2) is 0 Å². The van der Waals surface area contributed by atoms with E-state index in [4.69, 9.17) is 4.74 Å². The highest BCUT2D eigenvalue weighted by atomic mass is 16.5. The van der Waals surface area contributed by atoms with E-state index >= 15 is 0 Å². The maximum atomic E-state index is 14.3. The molecule has 4 aliphatic carbocycles. The van der Waals surface area contributed by atoms with Crippen LogP contribution >= 0.6 is 0 Å². The van der Waals surface area contributed by atoms with Crippen molar-refractivity contribution in [3.63, 3.8) is 0 Å². The van der Waals surface area contributed by atoms with E-state index in [0.29, 0.717) is 22.8 Å². The molecule has 0 heterocycles. The van der Waals surface area contributed by atoms with E-state index in [1.54, 1.807) is 21.0 Å². The Labute approximate surface area is 258 Å². The Morgan fingerprint density at radius 3 is 2.34 bits per heavy atom. The summed E-state index contributed by atoms with van der Waals surface area (Å²) in [4.78, 5) is 40.4. The van der Waals surface area contributed by atoms with Crippen LogP contribution in [0.15, 0.2) is 47.1 Å². The van der Waals surface area contributed by atoms with Crippen LogP contribution in [0.25, 0.3) is 16.9 Å². The number of benzene rings is 2. The van der Waals surface area contributed by atoms with E-state index < -0.39 is 39.5 Å². The number of rotatable bonds is 5. The van der Waals surface area contributed by atoms with Gasteiger partial charge in [0.2, 0.25) is 11.6 Å². The predicted octanol–water partition coefficient (Wildman–Crippen LogP) is 6.61. The summed E-state index contributed by atoms with van der Waals surface area (Å²) in [6.07, 6.45) is 7.92. The smallest absolute Gasteiger partial charge is 0.206 e. The molecule has 7 heteroatoms. The summed E-state index contributed by atoms with van der Waals surface area (Å²) in [5.41, 5.74) is -0.691. The van der Waals surface area contributed by atoms with Crippen molar-refractivity contribution in [1.82, 2.24) is 0 Å². The lowest BCUT2D eigenvalue weighted by molar-refractivity contribution is -0.171. The lowest BCUT2D eigenvalue weighted by atomic mass is 9.46. The van der Waals surface area contributed by atoms with Gasteiger partial charge in [-0.15, -0.1) is 0 Å². The molecule has 2 aromatic rings. The lowest BCUT2D eigenvalue weighted by Crippen LogP contribution is -2.67. The first kappa shape index (κ1) is 30.3. The summed E-state index contributed by atoms with van der Waals surface area (Å²) in [5, 5.41) is 34.9. The molecule has 2 aromatic carbocycles. The quantitative estimate of drug-likeness (QED) is 0.262. The number of fused-ring (bicyclic) bond motifs is 3. The number of aliphatic hydroxyl groups is 2. The number of ketones is 3. The van der Waals surface area contributed by atoms with Gasteiger partial charge >= 0.3 is 0 Å². The molecule has 6 rings (SSSR count). The molecule has 0 amide bonds. The monoisotopic (exact) mass is 598 g/mol. The number of Topliss-reactive ketones (excluding diaryl/α,β-unsaturated/α-hetero) is 3. The van der Waals surface area contributed by atoms with Gasteiger partial charge in [-0.2, -0.15) is 0 Å². The maximum absolute atomic E-state index is 14.3. The number of carbonyl (C=O) groups is 3. The van der Waals surface area contributed by atoms with Crippen LogP contribution in [-0.4, -0.2) is 45.4 Å². The van der Waals surface area contributed by atoms with Gasteiger partial charge in [0.25, 0.3) is 0 Å². The number of allylic oxidation sites excluding steroid dienone is 1. The molecule has 0 unspecified atom stereocenters. The Balaban J connectivity index is 1.51. The molecule has 0 saturated heterocycles. The van der Waals surface area contributed by atoms with E-state index in [2.05, 4.69) is 12.1 Å². The van der Waals surface area contributed by atoms with Crippen molar-refractivity contribution >= 4 is 23.1 Å². The number of phenolic OH excluding ortho intramolecular Hbond substituents is 1. The molecule has 0 spiro atoms. The number of hydrogen-bond donors (Lipinski definition) is 3. The minimum absolute atomic E-state index is 0.0776. The van der Waals surface area contributed by atoms with Gasteiger partial charge in [0.05, 0.1) is 18.2 Å². The Morgan fingerprint density at radius 1 is 0.977 bits per heavy atom. The van der Waals surface area contributed by atoms with Crippen LogP contribution in [0.3, 0.4) is 0 Å². The summed E-state index contributed by atoms with van der Waals surface area (Å²) in [5.74, 6) is -1.64. The summed E-state index contributed by atoms with van der Waals surface area (Å²) in [6.45, 7) is 6.55. The molecule has 3 N–H and O–H groups in total. The third-order valence-corrected chi connectivity index (χ3v) is 10.9. The first-order valence-electron chi connectivity index (χ1n) is 15.7. The van der Waals surface area contributed by atoms with Crippen molar-refractivity contribution in [1.29, 1.82) is 0 Å². The molecule has 2 fully saturated rings. The number of hydrogen-bond acceptors (Lipinski definition) is 7. The second-order valence-electron chi connectivity index (χ2n) is 14.2. The molecular weight excluding hydrogens is 556 g/mol. The van der Waals surface area contributed by atoms with Crippen molar-refractivity contribution < 1.29 is 34.4 Å².